The van der Waals surface area contributed by atoms with Crippen molar-refractivity contribution < 1.29 is 14.3 Å². The van der Waals surface area contributed by atoms with Crippen LogP contribution in [0.4, 0.5) is 5.69 Å². The molecule has 5 nitrogen and oxygen atoms in total. The van der Waals surface area contributed by atoms with Crippen LogP contribution in [0.1, 0.15) is 53.8 Å². The van der Waals surface area contributed by atoms with Crippen LogP contribution in [0.3, 0.4) is 0 Å². The molecule has 1 fully saturated rings. The van der Waals surface area contributed by atoms with Gasteiger partial charge in [0.1, 0.15) is 5.75 Å². The number of ether oxygens (including phenoxy) is 1. The summed E-state index contributed by atoms with van der Waals surface area (Å²) in [6, 6.07) is 14.7. The van der Waals surface area contributed by atoms with Gasteiger partial charge in [-0.2, -0.15) is 0 Å². The summed E-state index contributed by atoms with van der Waals surface area (Å²) in [6.45, 7) is 4.21. The lowest BCUT2D eigenvalue weighted by Gasteiger charge is -2.39. The molecule has 1 aliphatic rings. The molecule has 0 bridgehead atoms. The van der Waals surface area contributed by atoms with Crippen LogP contribution in [0.2, 0.25) is 0 Å². The van der Waals surface area contributed by atoms with Crippen molar-refractivity contribution in [1.82, 2.24) is 4.90 Å². The molecule has 0 saturated carbocycles. The van der Waals surface area contributed by atoms with E-state index in [2.05, 4.69) is 19.2 Å². The van der Waals surface area contributed by atoms with Gasteiger partial charge in [0.05, 0.1) is 12.7 Å². The van der Waals surface area contributed by atoms with Gasteiger partial charge in [0.25, 0.3) is 11.8 Å². The van der Waals surface area contributed by atoms with Gasteiger partial charge < -0.3 is 15.0 Å². The first kappa shape index (κ1) is 19.0. The van der Waals surface area contributed by atoms with Gasteiger partial charge in [-0.05, 0) is 69.5 Å². The van der Waals surface area contributed by atoms with Crippen molar-refractivity contribution in [2.45, 2.75) is 45.2 Å². The minimum absolute atomic E-state index is 0.0531. The van der Waals surface area contributed by atoms with Crippen LogP contribution >= 0.6 is 0 Å². The van der Waals surface area contributed by atoms with Crippen molar-refractivity contribution in [2.75, 3.05) is 12.4 Å². The molecular formula is C22H26N2O3. The topological polar surface area (TPSA) is 58.6 Å². The molecule has 1 saturated heterocycles. The second-order valence-corrected chi connectivity index (χ2v) is 7.07. The number of para-hydroxylation sites is 1. The maximum atomic E-state index is 12.9. The van der Waals surface area contributed by atoms with Gasteiger partial charge in [0, 0.05) is 23.3 Å². The third-order valence-electron chi connectivity index (χ3n) is 5.17. The molecule has 1 heterocycles. The van der Waals surface area contributed by atoms with Gasteiger partial charge in [-0.25, -0.2) is 0 Å². The highest BCUT2D eigenvalue weighted by atomic mass is 16.5. The molecule has 2 aromatic rings. The quantitative estimate of drug-likeness (QED) is 0.875. The summed E-state index contributed by atoms with van der Waals surface area (Å²) < 4.78 is 5.23. The van der Waals surface area contributed by atoms with E-state index in [0.29, 0.717) is 22.6 Å². The monoisotopic (exact) mass is 366 g/mol. The van der Waals surface area contributed by atoms with E-state index in [1.165, 1.54) is 13.5 Å². The fraction of sp³-hybridized carbons (Fsp3) is 0.364. The Morgan fingerprint density at radius 3 is 2.26 bits per heavy atom. The zero-order valence-corrected chi connectivity index (χ0v) is 16.1. The van der Waals surface area contributed by atoms with Crippen LogP contribution in [0, 0.1) is 0 Å². The fourth-order valence-corrected chi connectivity index (χ4v) is 3.70. The number of carbonyl (C=O) groups excluding carboxylic acids is 2. The first-order chi connectivity index (χ1) is 13.0. The fourth-order valence-electron chi connectivity index (χ4n) is 3.70. The number of anilines is 1. The Morgan fingerprint density at radius 1 is 1.00 bits per heavy atom. The standard InChI is InChI=1S/C22H26N2O3/c1-15-7-6-8-16(2)24(15)22(26)17-11-13-18(14-12-17)23-21(25)19-9-4-5-10-20(19)27-3/h4-5,9-16H,6-8H2,1-3H3,(H,23,25). The molecule has 2 aromatic carbocycles. The van der Waals surface area contributed by atoms with Crippen LogP contribution in [-0.2, 0) is 0 Å². The van der Waals surface area contributed by atoms with Gasteiger partial charge in [-0.3, -0.25) is 9.59 Å². The number of hydrogen-bond acceptors (Lipinski definition) is 3. The smallest absolute Gasteiger partial charge is 0.259 e. The Kier molecular flexibility index (Phi) is 5.79. The minimum Gasteiger partial charge on any atom is -0.496 e. The lowest BCUT2D eigenvalue weighted by molar-refractivity contribution is 0.0510. The number of likely N-dealkylation sites (tertiary alicyclic amines) is 1. The number of benzene rings is 2. The zero-order valence-electron chi connectivity index (χ0n) is 16.1. The van der Waals surface area contributed by atoms with E-state index < -0.39 is 0 Å². The molecule has 0 aromatic heterocycles. The van der Waals surface area contributed by atoms with Gasteiger partial charge in [-0.15, -0.1) is 0 Å². The normalized spacial score (nSPS) is 19.4. The minimum atomic E-state index is -0.246. The number of amides is 2. The average Bonchev–Trinajstić information content (AvgIpc) is 2.68. The SMILES string of the molecule is COc1ccccc1C(=O)Nc1ccc(C(=O)N2C(C)CCCC2C)cc1. The Morgan fingerprint density at radius 2 is 1.63 bits per heavy atom. The van der Waals surface area contributed by atoms with Gasteiger partial charge in [0.2, 0.25) is 0 Å². The van der Waals surface area contributed by atoms with Crippen LogP contribution in [0.15, 0.2) is 48.5 Å². The van der Waals surface area contributed by atoms with E-state index in [4.69, 9.17) is 4.74 Å². The zero-order chi connectivity index (χ0) is 19.4. The molecule has 142 valence electrons. The van der Waals surface area contributed by atoms with Gasteiger partial charge in [-0.1, -0.05) is 12.1 Å². The first-order valence-corrected chi connectivity index (χ1v) is 9.38. The number of rotatable bonds is 4. The predicted molar refractivity (Wildman–Crippen MR) is 106 cm³/mol. The number of methoxy groups -OCH3 is 1. The van der Waals surface area contributed by atoms with Crippen molar-refractivity contribution in [3.63, 3.8) is 0 Å². The van der Waals surface area contributed by atoms with E-state index >= 15 is 0 Å². The van der Waals surface area contributed by atoms with Crippen LogP contribution < -0.4 is 10.1 Å². The predicted octanol–water partition coefficient (Wildman–Crippen LogP) is 4.35. The Labute approximate surface area is 160 Å². The molecule has 1 N–H and O–H groups in total. The molecular weight excluding hydrogens is 340 g/mol. The Balaban J connectivity index is 1.72. The first-order valence-electron chi connectivity index (χ1n) is 9.38. The molecule has 2 atom stereocenters. The van der Waals surface area contributed by atoms with E-state index in [1.807, 2.05) is 11.0 Å². The summed E-state index contributed by atoms with van der Waals surface area (Å²) >= 11 is 0. The third-order valence-corrected chi connectivity index (χ3v) is 5.17. The molecule has 0 spiro atoms. The second kappa shape index (κ2) is 8.25. The summed E-state index contributed by atoms with van der Waals surface area (Å²) in [5.74, 6) is 0.331. The number of carbonyl (C=O) groups is 2. The van der Waals surface area contributed by atoms with E-state index in [9.17, 15) is 9.59 Å². The van der Waals surface area contributed by atoms with Crippen molar-refractivity contribution >= 4 is 17.5 Å². The van der Waals surface area contributed by atoms with E-state index in [0.717, 1.165) is 12.8 Å². The van der Waals surface area contributed by atoms with E-state index in [-0.39, 0.29) is 23.9 Å². The summed E-state index contributed by atoms with van der Waals surface area (Å²) in [5.41, 5.74) is 1.75. The summed E-state index contributed by atoms with van der Waals surface area (Å²) in [4.78, 5) is 27.3. The third kappa shape index (κ3) is 4.13. The largest absolute Gasteiger partial charge is 0.496 e. The van der Waals surface area contributed by atoms with Gasteiger partial charge >= 0.3 is 0 Å². The molecule has 0 aliphatic carbocycles. The van der Waals surface area contributed by atoms with Crippen LogP contribution in [0.25, 0.3) is 0 Å². The Hall–Kier alpha value is -2.82. The number of piperidine rings is 1. The Bertz CT molecular complexity index is 807. The van der Waals surface area contributed by atoms with E-state index in [1.54, 1.807) is 42.5 Å². The van der Waals surface area contributed by atoms with Crippen molar-refractivity contribution in [3.8, 4) is 5.75 Å². The molecule has 0 radical (unpaired) electrons. The second-order valence-electron chi connectivity index (χ2n) is 7.07. The number of hydrogen-bond donors (Lipinski definition) is 1. The molecule has 27 heavy (non-hydrogen) atoms. The lowest BCUT2D eigenvalue weighted by atomic mass is 9.96. The molecule has 3 rings (SSSR count). The highest BCUT2D eigenvalue weighted by Crippen LogP contribution is 2.25. The van der Waals surface area contributed by atoms with Crippen molar-refractivity contribution in [2.24, 2.45) is 0 Å². The molecule has 1 aliphatic heterocycles. The summed E-state index contributed by atoms with van der Waals surface area (Å²) in [6.07, 6.45) is 3.26. The van der Waals surface area contributed by atoms with Gasteiger partial charge in [0.15, 0.2) is 0 Å². The highest BCUT2D eigenvalue weighted by molar-refractivity contribution is 6.06. The average molecular weight is 366 g/mol. The maximum absolute atomic E-state index is 12.9. The maximum Gasteiger partial charge on any atom is 0.259 e. The highest BCUT2D eigenvalue weighted by Gasteiger charge is 2.29. The van der Waals surface area contributed by atoms with Crippen LogP contribution in [0.5, 0.6) is 5.75 Å². The molecule has 2 amide bonds. The number of nitrogens with one attached hydrogen (secondary N) is 1. The summed E-state index contributed by atoms with van der Waals surface area (Å²) in [7, 11) is 1.54. The molecule has 5 heteroatoms. The van der Waals surface area contributed by atoms with Crippen LogP contribution in [-0.4, -0.2) is 35.9 Å². The van der Waals surface area contributed by atoms with Crippen molar-refractivity contribution in [1.29, 1.82) is 0 Å². The lowest BCUT2D eigenvalue weighted by Crippen LogP contribution is -2.47. The summed E-state index contributed by atoms with van der Waals surface area (Å²) in [5, 5.41) is 2.85. The number of nitrogens with zero attached hydrogens (tertiary/aromatic N) is 1. The van der Waals surface area contributed by atoms with Crippen molar-refractivity contribution in [3.05, 3.63) is 59.7 Å². The molecule has 2 unspecified atom stereocenters.